The quantitative estimate of drug-likeness (QED) is 0.594. The van der Waals surface area contributed by atoms with Gasteiger partial charge in [0.15, 0.2) is 5.76 Å². The molecule has 0 atom stereocenters. The molecule has 0 radical (unpaired) electrons. The second-order valence-corrected chi connectivity index (χ2v) is 2.38. The van der Waals surface area contributed by atoms with E-state index in [-0.39, 0.29) is 5.57 Å². The summed E-state index contributed by atoms with van der Waals surface area (Å²) >= 11 is 0. The van der Waals surface area contributed by atoms with Crippen LogP contribution in [0.3, 0.4) is 0 Å². The molecule has 68 valence electrons. The van der Waals surface area contributed by atoms with E-state index in [1.165, 1.54) is 0 Å². The van der Waals surface area contributed by atoms with Crippen molar-refractivity contribution in [3.05, 3.63) is 11.3 Å². The Morgan fingerprint density at radius 3 is 2.42 bits per heavy atom. The highest BCUT2D eigenvalue weighted by atomic mass is 19.3. The first-order valence-electron chi connectivity index (χ1n) is 3.26. The fraction of sp³-hybridized carbons (Fsp3) is 0.571. The lowest BCUT2D eigenvalue weighted by molar-refractivity contribution is -0.140. The number of methoxy groups -OCH3 is 2. The summed E-state index contributed by atoms with van der Waals surface area (Å²) in [6.07, 6.45) is -0.594. The van der Waals surface area contributed by atoms with Crippen molar-refractivity contribution in [2.24, 2.45) is 0 Å². The molecule has 0 aliphatic heterocycles. The van der Waals surface area contributed by atoms with Gasteiger partial charge in [0.05, 0.1) is 26.2 Å². The zero-order chi connectivity index (χ0) is 9.35. The molecular formula is C7H8F2O3. The summed E-state index contributed by atoms with van der Waals surface area (Å²) in [6.45, 7) is 0. The topological polar surface area (TPSA) is 35.5 Å². The molecule has 1 aliphatic carbocycles. The summed E-state index contributed by atoms with van der Waals surface area (Å²) in [5.74, 6) is -4.33. The standard InChI is InChI=1S/C7H8F2O3/c1-11-5-4(6(10)12-2)3-7(5,8)9/h3H2,1-2H3. The highest BCUT2D eigenvalue weighted by Gasteiger charge is 2.51. The Kier molecular flexibility index (Phi) is 2.04. The number of carbonyl (C=O) groups is 1. The zero-order valence-electron chi connectivity index (χ0n) is 6.69. The molecular weight excluding hydrogens is 170 g/mol. The molecule has 12 heavy (non-hydrogen) atoms. The number of hydrogen-bond donors (Lipinski definition) is 0. The van der Waals surface area contributed by atoms with E-state index in [0.29, 0.717) is 0 Å². The van der Waals surface area contributed by atoms with Crippen molar-refractivity contribution in [2.45, 2.75) is 12.3 Å². The molecule has 0 N–H and O–H groups in total. The van der Waals surface area contributed by atoms with Crippen LogP contribution in [0.15, 0.2) is 11.3 Å². The van der Waals surface area contributed by atoms with Crippen molar-refractivity contribution in [1.29, 1.82) is 0 Å². The minimum atomic E-state index is -3.00. The Balaban J connectivity index is 2.87. The number of rotatable bonds is 2. The molecule has 0 bridgehead atoms. The number of esters is 1. The van der Waals surface area contributed by atoms with Crippen molar-refractivity contribution >= 4 is 5.97 Å². The number of hydrogen-bond acceptors (Lipinski definition) is 3. The third-order valence-corrected chi connectivity index (χ3v) is 1.64. The van der Waals surface area contributed by atoms with E-state index in [9.17, 15) is 13.6 Å². The molecule has 1 rings (SSSR count). The van der Waals surface area contributed by atoms with Crippen molar-refractivity contribution in [3.63, 3.8) is 0 Å². The molecule has 0 unspecified atom stereocenters. The average molecular weight is 178 g/mol. The molecule has 0 aromatic carbocycles. The van der Waals surface area contributed by atoms with Crippen molar-refractivity contribution < 1.29 is 23.0 Å². The highest BCUT2D eigenvalue weighted by molar-refractivity contribution is 5.91. The lowest BCUT2D eigenvalue weighted by Crippen LogP contribution is -2.36. The maximum Gasteiger partial charge on any atom is 0.337 e. The molecule has 0 saturated carbocycles. The molecule has 0 heterocycles. The molecule has 0 amide bonds. The minimum Gasteiger partial charge on any atom is -0.494 e. The van der Waals surface area contributed by atoms with Crippen LogP contribution in [0.4, 0.5) is 8.78 Å². The first kappa shape index (κ1) is 8.96. The summed E-state index contributed by atoms with van der Waals surface area (Å²) in [6, 6.07) is 0. The molecule has 3 nitrogen and oxygen atoms in total. The molecule has 1 aliphatic rings. The van der Waals surface area contributed by atoms with E-state index in [1.54, 1.807) is 0 Å². The van der Waals surface area contributed by atoms with Crippen LogP contribution >= 0.6 is 0 Å². The number of carbonyl (C=O) groups excluding carboxylic acids is 1. The van der Waals surface area contributed by atoms with Gasteiger partial charge in [0.2, 0.25) is 0 Å². The third kappa shape index (κ3) is 1.15. The van der Waals surface area contributed by atoms with Gasteiger partial charge >= 0.3 is 11.9 Å². The summed E-state index contributed by atoms with van der Waals surface area (Å²) < 4.78 is 33.8. The van der Waals surface area contributed by atoms with Gasteiger partial charge in [-0.15, -0.1) is 0 Å². The summed E-state index contributed by atoms with van der Waals surface area (Å²) in [5.41, 5.74) is -0.0787. The van der Waals surface area contributed by atoms with Gasteiger partial charge in [-0.2, -0.15) is 8.78 Å². The minimum absolute atomic E-state index is 0.0787. The van der Waals surface area contributed by atoms with E-state index in [1.807, 2.05) is 0 Å². The largest absolute Gasteiger partial charge is 0.494 e. The van der Waals surface area contributed by atoms with E-state index in [0.717, 1.165) is 14.2 Å². The number of halogens is 2. The van der Waals surface area contributed by atoms with Crippen molar-refractivity contribution in [3.8, 4) is 0 Å². The Bertz CT molecular complexity index is 245. The summed E-state index contributed by atoms with van der Waals surface area (Å²) in [5, 5.41) is 0. The van der Waals surface area contributed by atoms with Crippen molar-refractivity contribution in [1.82, 2.24) is 0 Å². The molecule has 0 fully saturated rings. The van der Waals surface area contributed by atoms with E-state index in [2.05, 4.69) is 9.47 Å². The van der Waals surface area contributed by atoms with Gasteiger partial charge < -0.3 is 9.47 Å². The number of allylic oxidation sites excluding steroid dienone is 1. The summed E-state index contributed by atoms with van der Waals surface area (Å²) in [7, 11) is 2.24. The van der Waals surface area contributed by atoms with E-state index < -0.39 is 24.1 Å². The van der Waals surface area contributed by atoms with Crippen LogP contribution in [-0.4, -0.2) is 26.1 Å². The van der Waals surface area contributed by atoms with Gasteiger partial charge in [0.1, 0.15) is 0 Å². The Morgan fingerprint density at radius 2 is 2.08 bits per heavy atom. The highest BCUT2D eigenvalue weighted by Crippen LogP contribution is 2.43. The van der Waals surface area contributed by atoms with Crippen LogP contribution in [-0.2, 0) is 14.3 Å². The van der Waals surface area contributed by atoms with Gasteiger partial charge in [0.25, 0.3) is 0 Å². The Morgan fingerprint density at radius 1 is 1.50 bits per heavy atom. The first-order valence-corrected chi connectivity index (χ1v) is 3.26. The lowest BCUT2D eigenvalue weighted by Gasteiger charge is -2.29. The van der Waals surface area contributed by atoms with Crippen LogP contribution in [0.2, 0.25) is 0 Å². The molecule has 0 aromatic heterocycles. The van der Waals surface area contributed by atoms with Crippen LogP contribution in [0.1, 0.15) is 6.42 Å². The average Bonchev–Trinajstić information content (AvgIpc) is 2.00. The number of ether oxygens (including phenoxy) is 2. The molecule has 0 saturated heterocycles. The maximum absolute atomic E-state index is 12.6. The summed E-state index contributed by atoms with van der Waals surface area (Å²) in [4.78, 5) is 10.8. The van der Waals surface area contributed by atoms with Crippen LogP contribution < -0.4 is 0 Å². The predicted octanol–water partition coefficient (Wildman–Crippen LogP) is 1.10. The monoisotopic (exact) mass is 178 g/mol. The van der Waals surface area contributed by atoms with Gasteiger partial charge in [-0.05, 0) is 0 Å². The molecule has 0 aromatic rings. The molecule has 5 heteroatoms. The smallest absolute Gasteiger partial charge is 0.337 e. The SMILES string of the molecule is COC(=O)C1=C(OC)C(F)(F)C1. The molecule has 0 spiro atoms. The second kappa shape index (κ2) is 2.73. The fourth-order valence-corrected chi connectivity index (χ4v) is 1.06. The van der Waals surface area contributed by atoms with E-state index >= 15 is 0 Å². The Labute approximate surface area is 68.0 Å². The number of alkyl halides is 2. The van der Waals surface area contributed by atoms with E-state index in [4.69, 9.17) is 0 Å². The lowest BCUT2D eigenvalue weighted by atomic mass is 9.92. The zero-order valence-corrected chi connectivity index (χ0v) is 6.69. The predicted molar refractivity (Wildman–Crippen MR) is 35.6 cm³/mol. The van der Waals surface area contributed by atoms with Gasteiger partial charge in [0, 0.05) is 0 Å². The first-order chi connectivity index (χ1) is 5.53. The normalized spacial score (nSPS) is 20.0. The van der Waals surface area contributed by atoms with Crippen LogP contribution in [0, 0.1) is 0 Å². The van der Waals surface area contributed by atoms with Crippen molar-refractivity contribution in [2.75, 3.05) is 14.2 Å². The maximum atomic E-state index is 12.6. The van der Waals surface area contributed by atoms with Gasteiger partial charge in [-0.1, -0.05) is 0 Å². The van der Waals surface area contributed by atoms with Gasteiger partial charge in [-0.25, -0.2) is 4.79 Å². The Hall–Kier alpha value is -1.13. The van der Waals surface area contributed by atoms with Gasteiger partial charge in [-0.3, -0.25) is 0 Å². The van der Waals surface area contributed by atoms with Crippen LogP contribution in [0.5, 0.6) is 0 Å². The van der Waals surface area contributed by atoms with Crippen LogP contribution in [0.25, 0.3) is 0 Å². The third-order valence-electron chi connectivity index (χ3n) is 1.64. The second-order valence-electron chi connectivity index (χ2n) is 2.38. The fourth-order valence-electron chi connectivity index (χ4n) is 1.06.